The fraction of sp³-hybridized carbons (Fsp3) is 0.158. The molecule has 3 rings (SSSR count). The molecule has 0 saturated heterocycles. The van der Waals surface area contributed by atoms with E-state index in [9.17, 15) is 9.59 Å². The molecule has 0 aliphatic rings. The van der Waals surface area contributed by atoms with Crippen LogP contribution >= 0.6 is 0 Å². The molecular weight excluding hydrogens is 344 g/mol. The monoisotopic (exact) mass is 364 g/mol. The van der Waals surface area contributed by atoms with E-state index in [1.165, 1.54) is 0 Å². The molecule has 5 N–H and O–H groups in total. The van der Waals surface area contributed by atoms with Crippen molar-refractivity contribution in [1.29, 1.82) is 0 Å². The minimum Gasteiger partial charge on any atom is -0.365 e. The van der Waals surface area contributed by atoms with Gasteiger partial charge >= 0.3 is 0 Å². The highest BCUT2D eigenvalue weighted by molar-refractivity contribution is 5.98. The quantitative estimate of drug-likeness (QED) is 0.510. The van der Waals surface area contributed by atoms with Gasteiger partial charge in [-0.15, -0.1) is 0 Å². The summed E-state index contributed by atoms with van der Waals surface area (Å²) >= 11 is 0. The summed E-state index contributed by atoms with van der Waals surface area (Å²) in [6, 6.07) is 13.4. The van der Waals surface area contributed by atoms with Gasteiger partial charge in [0.2, 0.25) is 5.95 Å². The lowest BCUT2D eigenvalue weighted by Gasteiger charge is -2.11. The number of hydrogen-bond donors (Lipinski definition) is 4. The van der Waals surface area contributed by atoms with E-state index in [0.29, 0.717) is 12.2 Å². The van der Waals surface area contributed by atoms with E-state index in [2.05, 4.69) is 25.6 Å². The summed E-state index contributed by atoms with van der Waals surface area (Å²) in [5.41, 5.74) is 6.88. The molecule has 1 aromatic carbocycles. The number of nitrogens with two attached hydrogens (primary N) is 1. The van der Waals surface area contributed by atoms with Gasteiger partial charge in [0.05, 0.1) is 17.6 Å². The molecule has 8 heteroatoms. The Morgan fingerprint density at radius 1 is 1.19 bits per heavy atom. The molecule has 2 aromatic heterocycles. The Bertz CT molecular complexity index is 983. The number of pyridine rings is 1. The Balaban J connectivity index is 1.90. The van der Waals surface area contributed by atoms with Crippen LogP contribution in [0, 0.1) is 0 Å². The molecular formula is C19H20N6O2. The van der Waals surface area contributed by atoms with Gasteiger partial charge in [-0.05, 0) is 18.6 Å². The second-order valence-electron chi connectivity index (χ2n) is 5.85. The first-order valence-corrected chi connectivity index (χ1v) is 8.55. The van der Waals surface area contributed by atoms with E-state index in [1.807, 2.05) is 43.3 Å². The molecule has 0 saturated carbocycles. The third kappa shape index (κ3) is 4.30. The van der Waals surface area contributed by atoms with Crippen molar-refractivity contribution in [3.05, 3.63) is 64.6 Å². The normalized spacial score (nSPS) is 10.4. The number of aromatic amines is 1. The Labute approximate surface area is 155 Å². The number of rotatable bonds is 7. The first kappa shape index (κ1) is 18.1. The van der Waals surface area contributed by atoms with E-state index < -0.39 is 11.5 Å². The number of aromatic nitrogens is 3. The summed E-state index contributed by atoms with van der Waals surface area (Å²) in [6.07, 6.45) is 2.46. The van der Waals surface area contributed by atoms with Gasteiger partial charge in [0, 0.05) is 12.1 Å². The van der Waals surface area contributed by atoms with Gasteiger partial charge in [0.25, 0.3) is 11.5 Å². The first-order chi connectivity index (χ1) is 13.1. The highest BCUT2D eigenvalue weighted by atomic mass is 16.2. The Kier molecular flexibility index (Phi) is 5.46. The van der Waals surface area contributed by atoms with Crippen LogP contribution in [-0.4, -0.2) is 27.4 Å². The molecule has 2 heterocycles. The largest absolute Gasteiger partial charge is 0.365 e. The average molecular weight is 364 g/mol. The maximum absolute atomic E-state index is 12.2. The van der Waals surface area contributed by atoms with Crippen LogP contribution in [0.15, 0.2) is 53.5 Å². The summed E-state index contributed by atoms with van der Waals surface area (Å²) < 4.78 is 0. The maximum atomic E-state index is 12.2. The smallest absolute Gasteiger partial charge is 0.267 e. The molecule has 0 atom stereocenters. The van der Waals surface area contributed by atoms with Crippen molar-refractivity contribution in [2.24, 2.45) is 5.73 Å². The van der Waals surface area contributed by atoms with Crippen molar-refractivity contribution in [3.8, 4) is 11.3 Å². The predicted molar refractivity (Wildman–Crippen MR) is 105 cm³/mol. The zero-order valence-electron chi connectivity index (χ0n) is 14.8. The highest BCUT2D eigenvalue weighted by Gasteiger charge is 2.17. The number of anilines is 3. The van der Waals surface area contributed by atoms with Crippen LogP contribution in [0.2, 0.25) is 0 Å². The van der Waals surface area contributed by atoms with Crippen molar-refractivity contribution in [1.82, 2.24) is 15.0 Å². The number of amides is 1. The van der Waals surface area contributed by atoms with Gasteiger partial charge in [-0.1, -0.05) is 37.3 Å². The van der Waals surface area contributed by atoms with E-state index in [1.54, 1.807) is 12.3 Å². The Morgan fingerprint density at radius 3 is 2.59 bits per heavy atom. The van der Waals surface area contributed by atoms with E-state index in [-0.39, 0.29) is 17.3 Å². The van der Waals surface area contributed by atoms with Crippen molar-refractivity contribution < 1.29 is 4.79 Å². The Morgan fingerprint density at radius 2 is 1.96 bits per heavy atom. The third-order valence-corrected chi connectivity index (χ3v) is 3.80. The van der Waals surface area contributed by atoms with Crippen LogP contribution in [0.4, 0.5) is 17.5 Å². The van der Waals surface area contributed by atoms with Crippen LogP contribution in [0.25, 0.3) is 11.3 Å². The lowest BCUT2D eigenvalue weighted by atomic mass is 10.1. The van der Waals surface area contributed by atoms with Gasteiger partial charge in [0.15, 0.2) is 5.82 Å². The standard InChI is InChI=1S/C19H20N6O2/c1-2-10-21-19-24-17(15(16(20)26)18(27)25-19)23-13-8-9-14(22-11-13)12-6-4-3-5-7-12/h3-9,11H,2,10H2,1H3,(H2,20,26)(H3,21,23,24,25,27). The van der Waals surface area contributed by atoms with Crippen LogP contribution in [-0.2, 0) is 0 Å². The molecule has 0 fully saturated rings. The summed E-state index contributed by atoms with van der Waals surface area (Å²) in [6.45, 7) is 2.62. The highest BCUT2D eigenvalue weighted by Crippen LogP contribution is 2.21. The van der Waals surface area contributed by atoms with Crippen molar-refractivity contribution in [2.45, 2.75) is 13.3 Å². The van der Waals surface area contributed by atoms with E-state index in [0.717, 1.165) is 17.7 Å². The predicted octanol–water partition coefficient (Wildman–Crippen LogP) is 2.50. The lowest BCUT2D eigenvalue weighted by molar-refractivity contribution is 0.0999. The van der Waals surface area contributed by atoms with Gasteiger partial charge in [-0.2, -0.15) is 4.98 Å². The molecule has 8 nitrogen and oxygen atoms in total. The number of carbonyl (C=O) groups excluding carboxylic acids is 1. The second-order valence-corrected chi connectivity index (χ2v) is 5.85. The van der Waals surface area contributed by atoms with Crippen LogP contribution in [0.1, 0.15) is 23.7 Å². The molecule has 0 radical (unpaired) electrons. The number of nitrogens with one attached hydrogen (secondary N) is 3. The third-order valence-electron chi connectivity index (χ3n) is 3.80. The lowest BCUT2D eigenvalue weighted by Crippen LogP contribution is -2.27. The molecule has 0 aliphatic heterocycles. The topological polar surface area (TPSA) is 126 Å². The number of nitrogens with zero attached hydrogens (tertiary/aromatic N) is 2. The summed E-state index contributed by atoms with van der Waals surface area (Å²) in [4.78, 5) is 35.1. The molecule has 138 valence electrons. The maximum Gasteiger partial charge on any atom is 0.267 e. The SMILES string of the molecule is CCCNc1nc(Nc2ccc(-c3ccccc3)nc2)c(C(N)=O)c(=O)[nH]1. The molecule has 0 aliphatic carbocycles. The average Bonchev–Trinajstić information content (AvgIpc) is 2.67. The molecule has 1 amide bonds. The molecule has 0 unspecified atom stereocenters. The fourth-order valence-corrected chi connectivity index (χ4v) is 2.50. The molecule has 3 aromatic rings. The molecule has 0 spiro atoms. The zero-order chi connectivity index (χ0) is 19.2. The molecule has 27 heavy (non-hydrogen) atoms. The zero-order valence-corrected chi connectivity index (χ0v) is 14.8. The summed E-state index contributed by atoms with van der Waals surface area (Å²) in [5, 5.41) is 5.94. The van der Waals surface area contributed by atoms with E-state index in [4.69, 9.17) is 5.73 Å². The number of hydrogen-bond acceptors (Lipinski definition) is 6. The van der Waals surface area contributed by atoms with Crippen molar-refractivity contribution in [2.75, 3.05) is 17.2 Å². The van der Waals surface area contributed by atoms with Gasteiger partial charge in [-0.25, -0.2) is 0 Å². The number of benzene rings is 1. The Hall–Kier alpha value is -3.68. The van der Waals surface area contributed by atoms with E-state index >= 15 is 0 Å². The van der Waals surface area contributed by atoms with Crippen molar-refractivity contribution >= 4 is 23.4 Å². The summed E-state index contributed by atoms with van der Waals surface area (Å²) in [7, 11) is 0. The number of primary amides is 1. The van der Waals surface area contributed by atoms with Gasteiger partial charge in [0.1, 0.15) is 5.56 Å². The van der Waals surface area contributed by atoms with Crippen LogP contribution < -0.4 is 21.9 Å². The minimum absolute atomic E-state index is 0.0825. The second kappa shape index (κ2) is 8.13. The number of carbonyl (C=O) groups is 1. The van der Waals surface area contributed by atoms with Gasteiger partial charge < -0.3 is 16.4 Å². The first-order valence-electron chi connectivity index (χ1n) is 8.55. The van der Waals surface area contributed by atoms with Crippen LogP contribution in [0.3, 0.4) is 0 Å². The van der Waals surface area contributed by atoms with Gasteiger partial charge in [-0.3, -0.25) is 19.6 Å². The van der Waals surface area contributed by atoms with Crippen molar-refractivity contribution in [3.63, 3.8) is 0 Å². The number of H-pyrrole nitrogens is 1. The van der Waals surface area contributed by atoms with Crippen LogP contribution in [0.5, 0.6) is 0 Å². The minimum atomic E-state index is -0.859. The fourth-order valence-electron chi connectivity index (χ4n) is 2.50. The molecule has 0 bridgehead atoms. The summed E-state index contributed by atoms with van der Waals surface area (Å²) in [5.74, 6) is -0.510.